The predicted octanol–water partition coefficient (Wildman–Crippen LogP) is 5.48. The van der Waals surface area contributed by atoms with Gasteiger partial charge in [0.05, 0.1) is 11.4 Å². The van der Waals surface area contributed by atoms with Crippen LogP contribution in [-0.2, 0) is 19.4 Å². The molecule has 1 N–H and O–H groups in total. The maximum absolute atomic E-state index is 8.14. The standard InChI is InChI=1S/C23H31N3/c1-5-13-25(17(3)24)15-23(4)12-11-20-21(16(23)2)19-10-6-8-18-9-7-14-26(20)22(18)19/h5-6,8,10,13,16,24H,7,9,11-12,14-15H2,1-4H3/b13-5-,24-17?. The first-order chi connectivity index (χ1) is 12.5. The highest BCUT2D eigenvalue weighted by atomic mass is 15.2. The summed E-state index contributed by atoms with van der Waals surface area (Å²) in [6, 6.07) is 6.91. The molecule has 0 saturated carbocycles. The largest absolute Gasteiger partial charge is 0.344 e. The maximum atomic E-state index is 8.14. The predicted molar refractivity (Wildman–Crippen MR) is 110 cm³/mol. The van der Waals surface area contributed by atoms with Gasteiger partial charge in [-0.1, -0.05) is 38.1 Å². The smallest absolute Gasteiger partial charge is 0.0966 e. The van der Waals surface area contributed by atoms with Gasteiger partial charge in [0.1, 0.15) is 0 Å². The summed E-state index contributed by atoms with van der Waals surface area (Å²) in [6.07, 6.45) is 8.93. The van der Waals surface area contributed by atoms with Crippen molar-refractivity contribution in [1.29, 1.82) is 5.41 Å². The van der Waals surface area contributed by atoms with Crippen molar-refractivity contribution in [3.63, 3.8) is 0 Å². The monoisotopic (exact) mass is 349 g/mol. The van der Waals surface area contributed by atoms with Crippen LogP contribution in [0.4, 0.5) is 0 Å². The number of hydrogen-bond donors (Lipinski definition) is 1. The number of aryl methyl sites for hydroxylation is 2. The fourth-order valence-corrected chi connectivity index (χ4v) is 5.23. The SMILES string of the molecule is C/C=C\N(CC1(C)CCc2c(c3cccc4c3n2CCC4)C1C)C(C)=N. The zero-order valence-corrected chi connectivity index (χ0v) is 16.6. The molecule has 0 radical (unpaired) electrons. The Labute approximate surface area is 157 Å². The Bertz CT molecular complexity index is 888. The molecule has 1 aromatic carbocycles. The minimum absolute atomic E-state index is 0.179. The van der Waals surface area contributed by atoms with E-state index in [4.69, 9.17) is 5.41 Å². The number of benzene rings is 1. The summed E-state index contributed by atoms with van der Waals surface area (Å²) in [7, 11) is 0. The van der Waals surface area contributed by atoms with Crippen LogP contribution in [0.25, 0.3) is 10.9 Å². The van der Waals surface area contributed by atoms with E-state index in [1.54, 1.807) is 11.3 Å². The average molecular weight is 350 g/mol. The highest BCUT2D eigenvalue weighted by molar-refractivity contribution is 5.89. The average Bonchev–Trinajstić information content (AvgIpc) is 2.95. The van der Waals surface area contributed by atoms with Gasteiger partial charge in [-0.05, 0) is 62.0 Å². The van der Waals surface area contributed by atoms with Gasteiger partial charge in [0, 0.05) is 30.4 Å². The van der Waals surface area contributed by atoms with Crippen LogP contribution in [0, 0.1) is 10.8 Å². The molecule has 2 heterocycles. The zero-order chi connectivity index (χ0) is 18.5. The summed E-state index contributed by atoms with van der Waals surface area (Å²) < 4.78 is 2.63. The molecule has 0 saturated heterocycles. The first-order valence-electron chi connectivity index (χ1n) is 10.0. The Balaban J connectivity index is 1.80. The number of para-hydroxylation sites is 1. The van der Waals surface area contributed by atoms with Gasteiger partial charge >= 0.3 is 0 Å². The van der Waals surface area contributed by atoms with Crippen molar-refractivity contribution in [2.75, 3.05) is 6.54 Å². The molecule has 26 heavy (non-hydrogen) atoms. The molecule has 0 spiro atoms. The Morgan fingerprint density at radius 3 is 2.92 bits per heavy atom. The normalized spacial score (nSPS) is 24.8. The summed E-state index contributed by atoms with van der Waals surface area (Å²) in [5.41, 5.74) is 6.39. The highest BCUT2D eigenvalue weighted by Crippen LogP contribution is 2.50. The number of allylic oxidation sites excluding steroid dienone is 1. The van der Waals surface area contributed by atoms with E-state index in [0.29, 0.717) is 11.8 Å². The molecule has 2 aromatic rings. The van der Waals surface area contributed by atoms with E-state index in [2.05, 4.69) is 47.7 Å². The van der Waals surface area contributed by atoms with Crippen LogP contribution in [0.1, 0.15) is 63.3 Å². The third-order valence-corrected chi connectivity index (χ3v) is 6.85. The number of rotatable bonds is 3. The van der Waals surface area contributed by atoms with Crippen molar-refractivity contribution in [2.45, 2.75) is 65.8 Å². The summed E-state index contributed by atoms with van der Waals surface area (Å²) >= 11 is 0. The quantitative estimate of drug-likeness (QED) is 0.578. The van der Waals surface area contributed by atoms with Crippen molar-refractivity contribution in [3.05, 3.63) is 47.3 Å². The Morgan fingerprint density at radius 2 is 2.19 bits per heavy atom. The Kier molecular flexibility index (Phi) is 4.21. The van der Waals surface area contributed by atoms with Crippen LogP contribution in [-0.4, -0.2) is 21.8 Å². The molecule has 4 rings (SSSR count). The highest BCUT2D eigenvalue weighted by Gasteiger charge is 2.41. The number of aromatic nitrogens is 1. The molecule has 138 valence electrons. The number of hydrogen-bond acceptors (Lipinski definition) is 1. The van der Waals surface area contributed by atoms with E-state index in [1.807, 2.05) is 19.9 Å². The lowest BCUT2D eigenvalue weighted by atomic mass is 9.66. The maximum Gasteiger partial charge on any atom is 0.0966 e. The summed E-state index contributed by atoms with van der Waals surface area (Å²) in [5, 5.41) is 9.63. The van der Waals surface area contributed by atoms with Crippen molar-refractivity contribution < 1.29 is 0 Å². The van der Waals surface area contributed by atoms with E-state index < -0.39 is 0 Å². The van der Waals surface area contributed by atoms with Crippen molar-refractivity contribution in [1.82, 2.24) is 9.47 Å². The fourth-order valence-electron chi connectivity index (χ4n) is 5.23. The molecule has 2 atom stereocenters. The van der Waals surface area contributed by atoms with Crippen molar-refractivity contribution in [2.24, 2.45) is 5.41 Å². The minimum Gasteiger partial charge on any atom is -0.344 e. The summed E-state index contributed by atoms with van der Waals surface area (Å²) in [4.78, 5) is 2.12. The van der Waals surface area contributed by atoms with Crippen molar-refractivity contribution in [3.8, 4) is 0 Å². The van der Waals surface area contributed by atoms with Crippen LogP contribution in [0.2, 0.25) is 0 Å². The topological polar surface area (TPSA) is 32.0 Å². The molecule has 0 bridgehead atoms. The summed E-state index contributed by atoms with van der Waals surface area (Å²) in [5.74, 6) is 1.13. The van der Waals surface area contributed by atoms with Crippen LogP contribution in [0.3, 0.4) is 0 Å². The lowest BCUT2D eigenvalue weighted by molar-refractivity contribution is 0.187. The van der Waals surface area contributed by atoms with Crippen molar-refractivity contribution >= 4 is 16.7 Å². The molecular formula is C23H31N3. The number of nitrogens with zero attached hydrogens (tertiary/aromatic N) is 2. The van der Waals surface area contributed by atoms with E-state index in [0.717, 1.165) is 13.0 Å². The molecule has 2 aliphatic rings. The van der Waals surface area contributed by atoms with E-state index in [9.17, 15) is 0 Å². The second-order valence-corrected chi connectivity index (χ2v) is 8.50. The van der Waals surface area contributed by atoms with Crippen LogP contribution in [0.15, 0.2) is 30.5 Å². The Morgan fingerprint density at radius 1 is 1.38 bits per heavy atom. The molecule has 1 aliphatic heterocycles. The van der Waals surface area contributed by atoms with Gasteiger partial charge in [-0.15, -0.1) is 0 Å². The zero-order valence-electron chi connectivity index (χ0n) is 16.6. The molecule has 2 unspecified atom stereocenters. The van der Waals surface area contributed by atoms with Gasteiger partial charge in [-0.2, -0.15) is 0 Å². The van der Waals surface area contributed by atoms with Crippen LogP contribution < -0.4 is 0 Å². The van der Waals surface area contributed by atoms with Gasteiger partial charge in [0.25, 0.3) is 0 Å². The lowest BCUT2D eigenvalue weighted by Gasteiger charge is -2.43. The Hall–Kier alpha value is -2.03. The molecule has 1 aliphatic carbocycles. The number of amidine groups is 1. The fraction of sp³-hybridized carbons (Fsp3) is 0.522. The molecule has 0 fully saturated rings. The molecule has 3 heteroatoms. The van der Waals surface area contributed by atoms with Crippen LogP contribution in [0.5, 0.6) is 0 Å². The van der Waals surface area contributed by atoms with E-state index in [1.165, 1.54) is 42.3 Å². The second-order valence-electron chi connectivity index (χ2n) is 8.50. The first-order valence-corrected chi connectivity index (χ1v) is 10.0. The van der Waals surface area contributed by atoms with Gasteiger partial charge in [0.2, 0.25) is 0 Å². The van der Waals surface area contributed by atoms with Gasteiger partial charge in [-0.25, -0.2) is 0 Å². The van der Waals surface area contributed by atoms with Gasteiger partial charge in [-0.3, -0.25) is 5.41 Å². The molecule has 1 aromatic heterocycles. The third kappa shape index (κ3) is 2.52. The molecule has 0 amide bonds. The molecule has 3 nitrogen and oxygen atoms in total. The number of fused-ring (bicyclic) bond motifs is 3. The lowest BCUT2D eigenvalue weighted by Crippen LogP contribution is -2.41. The first kappa shape index (κ1) is 17.4. The van der Waals surface area contributed by atoms with E-state index in [-0.39, 0.29) is 5.41 Å². The number of nitrogens with one attached hydrogen (secondary N) is 1. The molecular weight excluding hydrogens is 318 g/mol. The van der Waals surface area contributed by atoms with Gasteiger partial charge in [0.15, 0.2) is 0 Å². The van der Waals surface area contributed by atoms with Crippen LogP contribution >= 0.6 is 0 Å². The third-order valence-electron chi connectivity index (χ3n) is 6.85. The second kappa shape index (κ2) is 6.29. The minimum atomic E-state index is 0.179. The van der Waals surface area contributed by atoms with Gasteiger partial charge < -0.3 is 9.47 Å². The summed E-state index contributed by atoms with van der Waals surface area (Å²) in [6.45, 7) is 10.9. The van der Waals surface area contributed by atoms with E-state index >= 15 is 0 Å².